The maximum Gasteiger partial charge on any atom is 0.472 e. The van der Waals surface area contributed by atoms with E-state index in [1.165, 1.54) is 77.0 Å². The zero-order valence-corrected chi connectivity index (χ0v) is 64.9. The molecule has 0 rings (SSSR count). The van der Waals surface area contributed by atoms with E-state index in [1.807, 2.05) is 0 Å². The number of carbonyl (C=O) groups is 4. The fraction of sp³-hybridized carbons (Fsp3) is 0.753. The number of esters is 4. The zero-order valence-electron chi connectivity index (χ0n) is 63.1. The minimum absolute atomic E-state index is 0.0719. The van der Waals surface area contributed by atoms with E-state index in [-0.39, 0.29) is 25.7 Å². The van der Waals surface area contributed by atoms with Gasteiger partial charge in [0.25, 0.3) is 0 Å². The van der Waals surface area contributed by atoms with Crippen molar-refractivity contribution in [3.8, 4) is 0 Å². The Balaban J connectivity index is 5.35. The molecule has 0 heterocycles. The number of phosphoric ester groups is 2. The predicted octanol–water partition coefficient (Wildman–Crippen LogP) is 22.8. The van der Waals surface area contributed by atoms with Crippen molar-refractivity contribution in [2.75, 3.05) is 39.6 Å². The van der Waals surface area contributed by atoms with Crippen molar-refractivity contribution in [1.82, 2.24) is 0 Å². The van der Waals surface area contributed by atoms with Gasteiger partial charge in [0.2, 0.25) is 0 Å². The van der Waals surface area contributed by atoms with Gasteiger partial charge in [-0.25, -0.2) is 9.13 Å². The molecule has 0 aliphatic rings. The summed E-state index contributed by atoms with van der Waals surface area (Å²) in [4.78, 5) is 72.9. The third-order valence-corrected chi connectivity index (χ3v) is 18.4. The smallest absolute Gasteiger partial charge is 0.462 e. The molecule has 0 amide bonds. The molecule has 0 aliphatic carbocycles. The molecule has 5 atom stereocenters. The van der Waals surface area contributed by atoms with Crippen molar-refractivity contribution >= 4 is 39.5 Å². The number of allylic oxidation sites excluding steroid dienone is 16. The number of carbonyl (C=O) groups excluding carboxylic acids is 4. The lowest BCUT2D eigenvalue weighted by atomic mass is 10.0. The highest BCUT2D eigenvalue weighted by Gasteiger charge is 2.30. The van der Waals surface area contributed by atoms with Gasteiger partial charge in [-0.3, -0.25) is 37.3 Å². The molecule has 0 aromatic carbocycles. The van der Waals surface area contributed by atoms with Crippen molar-refractivity contribution in [2.45, 2.75) is 354 Å². The van der Waals surface area contributed by atoms with E-state index in [0.717, 1.165) is 180 Å². The summed E-state index contributed by atoms with van der Waals surface area (Å²) in [5.41, 5.74) is 0. The van der Waals surface area contributed by atoms with Crippen LogP contribution in [0.5, 0.6) is 0 Å². The normalized spacial score (nSPS) is 14.4. The van der Waals surface area contributed by atoms with Crippen molar-refractivity contribution in [1.29, 1.82) is 0 Å². The second-order valence-electron chi connectivity index (χ2n) is 26.2. The van der Waals surface area contributed by atoms with Crippen LogP contribution in [0, 0.1) is 0 Å². The number of hydrogen-bond acceptors (Lipinski definition) is 15. The number of unbranched alkanes of at least 4 members (excludes halogenated alkanes) is 32. The molecule has 0 aromatic heterocycles. The average molecular weight is 1450 g/mol. The minimum atomic E-state index is -4.98. The van der Waals surface area contributed by atoms with Gasteiger partial charge in [-0.2, -0.15) is 0 Å². The third-order valence-electron chi connectivity index (χ3n) is 16.5. The summed E-state index contributed by atoms with van der Waals surface area (Å²) < 4.78 is 68.5. The molecule has 578 valence electrons. The van der Waals surface area contributed by atoms with E-state index in [0.29, 0.717) is 25.7 Å². The molecule has 100 heavy (non-hydrogen) atoms. The Bertz CT molecular complexity index is 2270. The summed E-state index contributed by atoms with van der Waals surface area (Å²) in [6, 6.07) is 0. The first-order chi connectivity index (χ1) is 48.7. The zero-order chi connectivity index (χ0) is 73.2. The quantitative estimate of drug-likeness (QED) is 0.0169. The molecule has 0 aliphatic heterocycles. The van der Waals surface area contributed by atoms with Gasteiger partial charge in [0.1, 0.15) is 19.3 Å². The van der Waals surface area contributed by atoms with Gasteiger partial charge in [-0.05, 0) is 122 Å². The van der Waals surface area contributed by atoms with E-state index >= 15 is 0 Å². The molecule has 0 radical (unpaired) electrons. The Morgan fingerprint density at radius 2 is 0.520 bits per heavy atom. The SMILES string of the molecule is CC/C=C\C/C=C\C/C=C\C/C=C\CCCCCCCCC(=O)OCC(COP(=O)(O)OCC(O)COP(=O)(O)OCC(COC(=O)CCCCCCC/C=C\CCCCCC)OC(=O)CCCCCCCCCCCCCCC)OC(=O)CCCCCCC/C=C\C/C=C\C/C=C\CC. The van der Waals surface area contributed by atoms with Crippen LogP contribution in [0.2, 0.25) is 0 Å². The summed E-state index contributed by atoms with van der Waals surface area (Å²) >= 11 is 0. The summed E-state index contributed by atoms with van der Waals surface area (Å²) in [6.45, 7) is 4.63. The summed E-state index contributed by atoms with van der Waals surface area (Å²) in [6.07, 6.45) is 76.7. The first-order valence-corrected chi connectivity index (χ1v) is 42.5. The van der Waals surface area contributed by atoms with Gasteiger partial charge in [0.15, 0.2) is 12.2 Å². The van der Waals surface area contributed by atoms with Gasteiger partial charge in [-0.1, -0.05) is 285 Å². The van der Waals surface area contributed by atoms with Crippen LogP contribution in [0.1, 0.15) is 336 Å². The van der Waals surface area contributed by atoms with Crippen molar-refractivity contribution < 1.29 is 80.2 Å². The molecule has 19 heteroatoms. The molecule has 0 saturated carbocycles. The highest BCUT2D eigenvalue weighted by Crippen LogP contribution is 2.45. The molecule has 0 saturated heterocycles. The first-order valence-electron chi connectivity index (χ1n) is 39.5. The van der Waals surface area contributed by atoms with Crippen LogP contribution in [0.25, 0.3) is 0 Å². The molecule has 0 spiro atoms. The lowest BCUT2D eigenvalue weighted by Crippen LogP contribution is -2.30. The van der Waals surface area contributed by atoms with Crippen molar-refractivity contribution in [2.24, 2.45) is 0 Å². The van der Waals surface area contributed by atoms with Crippen LogP contribution >= 0.6 is 15.6 Å². The molecule has 5 unspecified atom stereocenters. The summed E-state index contributed by atoms with van der Waals surface area (Å²) in [5.74, 6) is -2.20. The highest BCUT2D eigenvalue weighted by molar-refractivity contribution is 7.47. The first kappa shape index (κ1) is 96.0. The second kappa shape index (κ2) is 73.3. The number of rotatable bonds is 74. The number of hydrogen-bond donors (Lipinski definition) is 3. The summed E-state index contributed by atoms with van der Waals surface area (Å²) in [7, 11) is -9.96. The topological polar surface area (TPSA) is 237 Å². The third kappa shape index (κ3) is 72.3. The Morgan fingerprint density at radius 1 is 0.290 bits per heavy atom. The molecule has 0 aromatic rings. The number of aliphatic hydroxyl groups excluding tert-OH is 1. The molecule has 17 nitrogen and oxygen atoms in total. The lowest BCUT2D eigenvalue weighted by molar-refractivity contribution is -0.161. The van der Waals surface area contributed by atoms with E-state index in [2.05, 4.69) is 125 Å². The Hall–Kier alpha value is -4.02. The number of phosphoric acid groups is 2. The van der Waals surface area contributed by atoms with Crippen LogP contribution < -0.4 is 0 Å². The van der Waals surface area contributed by atoms with Crippen LogP contribution in [0.4, 0.5) is 0 Å². The van der Waals surface area contributed by atoms with Gasteiger partial charge in [-0.15, -0.1) is 0 Å². The maximum absolute atomic E-state index is 13.1. The second-order valence-corrected chi connectivity index (χ2v) is 29.2. The Labute approximate surface area is 607 Å². The van der Waals surface area contributed by atoms with Crippen LogP contribution in [-0.2, 0) is 65.4 Å². The fourth-order valence-corrected chi connectivity index (χ4v) is 12.2. The largest absolute Gasteiger partial charge is 0.472 e. The van der Waals surface area contributed by atoms with Gasteiger partial charge < -0.3 is 33.8 Å². The van der Waals surface area contributed by atoms with Gasteiger partial charge >= 0.3 is 39.5 Å². The highest BCUT2D eigenvalue weighted by atomic mass is 31.2. The van der Waals surface area contributed by atoms with Gasteiger partial charge in [0.05, 0.1) is 26.4 Å². The lowest BCUT2D eigenvalue weighted by Gasteiger charge is -2.21. The molecule has 0 bridgehead atoms. The number of aliphatic hydroxyl groups is 1. The number of ether oxygens (including phenoxy) is 4. The van der Waals surface area contributed by atoms with Crippen LogP contribution in [0.3, 0.4) is 0 Å². The van der Waals surface area contributed by atoms with E-state index < -0.39 is 97.5 Å². The maximum atomic E-state index is 13.1. The monoisotopic (exact) mass is 1450 g/mol. The van der Waals surface area contributed by atoms with Crippen molar-refractivity contribution in [3.05, 3.63) is 97.2 Å². The van der Waals surface area contributed by atoms with Crippen LogP contribution in [-0.4, -0.2) is 96.7 Å². The van der Waals surface area contributed by atoms with E-state index in [9.17, 15) is 43.2 Å². The average Bonchev–Trinajstić information content (AvgIpc) is 0.946. The minimum Gasteiger partial charge on any atom is -0.462 e. The molecule has 3 N–H and O–H groups in total. The molecule has 0 fully saturated rings. The molecular weight excluding hydrogens is 1310 g/mol. The van der Waals surface area contributed by atoms with E-state index in [4.69, 9.17) is 37.0 Å². The predicted molar refractivity (Wildman–Crippen MR) is 409 cm³/mol. The standard InChI is InChI=1S/C81H142O17P2/c1-5-9-13-17-21-25-29-33-35-36-37-38-40-43-46-50-54-58-62-66-79(84)92-72-77(98-81(86)68-64-60-56-52-48-44-39-34-30-26-22-18-14-10-6-2)74-96-100(89,90)94-70-75(82)69-93-99(87,88)95-73-76(97-80(85)67-63-59-55-51-47-42-32-28-24-20-16-12-8-4)71-91-78(83)65-61-57-53-49-45-41-31-27-23-19-15-11-7-3/h9-10,13-14,21-22,25-27,31,33-35,37-39,75-77,82H,5-8,11-12,15-20,23-24,28-30,32,36,40-74H2,1-4H3,(H,87,88)(H,89,90)/b13-9-,14-10-,25-21-,26-22-,31-27-,35-33-,38-37-,39-34-. The molecular formula is C81H142O17P2. The Kier molecular flexibility index (Phi) is 70.4. The van der Waals surface area contributed by atoms with Gasteiger partial charge in [0, 0.05) is 25.7 Å². The van der Waals surface area contributed by atoms with E-state index in [1.54, 1.807) is 0 Å². The summed E-state index contributed by atoms with van der Waals surface area (Å²) in [5, 5.41) is 10.6. The van der Waals surface area contributed by atoms with Crippen molar-refractivity contribution in [3.63, 3.8) is 0 Å². The Morgan fingerprint density at radius 3 is 0.820 bits per heavy atom. The fourth-order valence-electron chi connectivity index (χ4n) is 10.6. The van der Waals surface area contributed by atoms with Crippen LogP contribution in [0.15, 0.2) is 97.2 Å².